The third kappa shape index (κ3) is 3.14. The number of carbonyl (C=O) groups is 1. The maximum absolute atomic E-state index is 11.5. The van der Waals surface area contributed by atoms with Crippen molar-refractivity contribution in [2.45, 2.75) is 13.8 Å². The molecule has 8 heteroatoms. The van der Waals surface area contributed by atoms with Gasteiger partial charge in [-0.05, 0) is 36.9 Å². The van der Waals surface area contributed by atoms with Crippen LogP contribution < -0.4 is 0 Å². The van der Waals surface area contributed by atoms with Gasteiger partial charge in [0, 0.05) is 5.39 Å². The van der Waals surface area contributed by atoms with Gasteiger partial charge in [0.2, 0.25) is 5.88 Å². The van der Waals surface area contributed by atoms with E-state index in [2.05, 4.69) is 15.3 Å². The zero-order chi connectivity index (χ0) is 21.4. The van der Waals surface area contributed by atoms with Gasteiger partial charge in [0.1, 0.15) is 11.4 Å². The van der Waals surface area contributed by atoms with E-state index in [1.54, 1.807) is 31.2 Å². The number of benzene rings is 3. The highest BCUT2D eigenvalue weighted by Gasteiger charge is 2.19. The highest BCUT2D eigenvalue weighted by Crippen LogP contribution is 2.40. The first kappa shape index (κ1) is 19.1. The van der Waals surface area contributed by atoms with Gasteiger partial charge in [-0.15, -0.1) is 10.2 Å². The number of carboxylic acids is 1. The van der Waals surface area contributed by atoms with Gasteiger partial charge in [0.05, 0.1) is 16.9 Å². The van der Waals surface area contributed by atoms with Crippen LogP contribution in [0, 0.1) is 13.8 Å². The number of hydrogen-bond donors (Lipinski definition) is 3. The maximum atomic E-state index is 11.5. The van der Waals surface area contributed by atoms with E-state index in [0.717, 1.165) is 11.6 Å². The molecule has 30 heavy (non-hydrogen) atoms. The number of aryl methyl sites for hydroxylation is 2. The van der Waals surface area contributed by atoms with Gasteiger partial charge in [-0.3, -0.25) is 0 Å². The van der Waals surface area contributed by atoms with Crippen LogP contribution in [0.2, 0.25) is 0 Å². The third-order valence-corrected chi connectivity index (χ3v) is 4.83. The summed E-state index contributed by atoms with van der Waals surface area (Å²) in [5.41, 5.74) is 2.31. The fourth-order valence-corrected chi connectivity index (χ4v) is 3.32. The van der Waals surface area contributed by atoms with E-state index < -0.39 is 5.97 Å². The van der Waals surface area contributed by atoms with Crippen LogP contribution in [-0.2, 0) is 0 Å². The summed E-state index contributed by atoms with van der Waals surface area (Å²) in [6.45, 7) is 3.59. The zero-order valence-electron chi connectivity index (χ0n) is 16.2. The van der Waals surface area contributed by atoms with Gasteiger partial charge in [0.25, 0.3) is 0 Å². The van der Waals surface area contributed by atoms with E-state index in [-0.39, 0.29) is 28.6 Å². The highest BCUT2D eigenvalue weighted by molar-refractivity contribution is 6.08. The summed E-state index contributed by atoms with van der Waals surface area (Å²) in [5.74, 6) is -1.66. The summed E-state index contributed by atoms with van der Waals surface area (Å²) in [6, 6.07) is 15.3. The molecule has 0 bridgehead atoms. The number of phenolic OH excluding ortho intramolecular Hbond substituents is 1. The van der Waals surface area contributed by atoms with E-state index in [9.17, 15) is 20.1 Å². The molecule has 0 aliphatic rings. The number of rotatable bonds is 4. The molecule has 3 N–H and O–H groups in total. The summed E-state index contributed by atoms with van der Waals surface area (Å²) < 4.78 is 1.38. The third-order valence-electron chi connectivity index (χ3n) is 4.83. The lowest BCUT2D eigenvalue weighted by molar-refractivity contribution is 0.0698. The van der Waals surface area contributed by atoms with Crippen LogP contribution in [0.1, 0.15) is 21.6 Å². The number of phenols is 1. The molecule has 1 heterocycles. The Morgan fingerprint density at radius 2 is 1.57 bits per heavy atom. The molecule has 0 fully saturated rings. The van der Waals surface area contributed by atoms with Crippen LogP contribution in [0.15, 0.2) is 64.8 Å². The summed E-state index contributed by atoms with van der Waals surface area (Å²) in [7, 11) is 0. The standard InChI is InChI=1S/C22H18N4O4/c1-12-7-3-6-10-17(12)26-21(28)19(13(2)25-26)23-24-20-15-9-5-4-8-14(15)16(22(29)30)11-18(20)27/h3-11,27-28H,1-2H3,(H,29,30)/b24-23+. The molecular formula is C22H18N4O4. The molecule has 0 atom stereocenters. The second-order valence-electron chi connectivity index (χ2n) is 6.80. The molecule has 0 saturated heterocycles. The van der Waals surface area contributed by atoms with Crippen LogP contribution in [0.25, 0.3) is 16.5 Å². The molecule has 4 rings (SSSR count). The molecule has 0 radical (unpaired) electrons. The number of para-hydroxylation sites is 1. The van der Waals surface area contributed by atoms with E-state index >= 15 is 0 Å². The average Bonchev–Trinajstić information content (AvgIpc) is 3.00. The normalized spacial score (nSPS) is 11.4. The molecule has 0 spiro atoms. The molecule has 0 aliphatic heterocycles. The quantitative estimate of drug-likeness (QED) is 0.407. The van der Waals surface area contributed by atoms with Crippen molar-refractivity contribution in [3.05, 3.63) is 71.4 Å². The van der Waals surface area contributed by atoms with E-state index in [4.69, 9.17) is 0 Å². The first-order valence-electron chi connectivity index (χ1n) is 9.13. The molecule has 4 aromatic rings. The summed E-state index contributed by atoms with van der Waals surface area (Å²) in [4.78, 5) is 11.5. The van der Waals surface area contributed by atoms with Crippen molar-refractivity contribution < 1.29 is 20.1 Å². The van der Waals surface area contributed by atoms with Gasteiger partial charge in [-0.2, -0.15) is 9.78 Å². The number of fused-ring (bicyclic) bond motifs is 1. The molecule has 0 unspecified atom stereocenters. The van der Waals surface area contributed by atoms with Crippen molar-refractivity contribution in [1.29, 1.82) is 0 Å². The Kier molecular flexibility index (Phi) is 4.67. The van der Waals surface area contributed by atoms with Gasteiger partial charge in [0.15, 0.2) is 5.69 Å². The molecule has 1 aromatic heterocycles. The number of aromatic nitrogens is 2. The molecule has 3 aromatic carbocycles. The number of azo groups is 1. The predicted octanol–water partition coefficient (Wildman–Crippen LogP) is 5.17. The molecular weight excluding hydrogens is 384 g/mol. The highest BCUT2D eigenvalue weighted by atomic mass is 16.4. The lowest BCUT2D eigenvalue weighted by Crippen LogP contribution is -1.98. The largest absolute Gasteiger partial charge is 0.506 e. The van der Waals surface area contributed by atoms with Crippen molar-refractivity contribution in [3.8, 4) is 17.3 Å². The predicted molar refractivity (Wildman–Crippen MR) is 111 cm³/mol. The zero-order valence-corrected chi connectivity index (χ0v) is 16.2. The Balaban J connectivity index is 1.84. The monoisotopic (exact) mass is 402 g/mol. The molecule has 0 amide bonds. The van der Waals surface area contributed by atoms with Gasteiger partial charge in [-0.25, -0.2) is 4.79 Å². The first-order valence-corrected chi connectivity index (χ1v) is 9.13. The topological polar surface area (TPSA) is 120 Å². The van der Waals surface area contributed by atoms with Crippen molar-refractivity contribution in [2.24, 2.45) is 10.2 Å². The van der Waals surface area contributed by atoms with E-state index in [1.165, 1.54) is 4.68 Å². The van der Waals surface area contributed by atoms with Crippen LogP contribution in [0.5, 0.6) is 11.6 Å². The number of nitrogens with zero attached hydrogens (tertiary/aromatic N) is 4. The van der Waals surface area contributed by atoms with Crippen molar-refractivity contribution in [2.75, 3.05) is 0 Å². The van der Waals surface area contributed by atoms with Gasteiger partial charge < -0.3 is 15.3 Å². The fraction of sp³-hybridized carbons (Fsp3) is 0.0909. The lowest BCUT2D eigenvalue weighted by Gasteiger charge is -2.07. The Hall–Kier alpha value is -4.20. The van der Waals surface area contributed by atoms with Crippen molar-refractivity contribution in [3.63, 3.8) is 0 Å². The summed E-state index contributed by atoms with van der Waals surface area (Å²) >= 11 is 0. The smallest absolute Gasteiger partial charge is 0.336 e. The van der Waals surface area contributed by atoms with Gasteiger partial charge >= 0.3 is 5.97 Å². The van der Waals surface area contributed by atoms with Crippen molar-refractivity contribution >= 4 is 28.1 Å². The molecule has 150 valence electrons. The Morgan fingerprint density at radius 1 is 0.933 bits per heavy atom. The van der Waals surface area contributed by atoms with Gasteiger partial charge in [-0.1, -0.05) is 42.5 Å². The minimum absolute atomic E-state index is 0.0338. The minimum atomic E-state index is -1.15. The SMILES string of the molecule is Cc1ccccc1-n1nc(C)c(/N=N/c2c(O)cc(C(=O)O)c3ccccc23)c1O. The van der Waals surface area contributed by atoms with Crippen LogP contribution >= 0.6 is 0 Å². The Bertz CT molecular complexity index is 1320. The van der Waals surface area contributed by atoms with Crippen LogP contribution in [0.4, 0.5) is 11.4 Å². The first-order chi connectivity index (χ1) is 14.4. The molecule has 0 aliphatic carbocycles. The maximum Gasteiger partial charge on any atom is 0.336 e. The lowest BCUT2D eigenvalue weighted by atomic mass is 10.0. The number of hydrogen-bond acceptors (Lipinski definition) is 6. The number of aromatic carboxylic acids is 1. The van der Waals surface area contributed by atoms with E-state index in [1.807, 2.05) is 31.2 Å². The second kappa shape index (κ2) is 7.32. The Labute approximate surface area is 171 Å². The van der Waals surface area contributed by atoms with Crippen molar-refractivity contribution in [1.82, 2.24) is 9.78 Å². The fourth-order valence-electron chi connectivity index (χ4n) is 3.32. The Morgan fingerprint density at radius 3 is 2.27 bits per heavy atom. The van der Waals surface area contributed by atoms with Crippen LogP contribution in [-0.4, -0.2) is 31.1 Å². The minimum Gasteiger partial charge on any atom is -0.506 e. The summed E-state index contributed by atoms with van der Waals surface area (Å²) in [6.07, 6.45) is 0. The van der Waals surface area contributed by atoms with Crippen LogP contribution in [0.3, 0.4) is 0 Å². The average molecular weight is 402 g/mol. The number of carboxylic acid groups (broad SMARTS) is 1. The summed E-state index contributed by atoms with van der Waals surface area (Å²) in [5, 5.41) is 43.9. The second-order valence-corrected chi connectivity index (χ2v) is 6.80. The number of aromatic hydroxyl groups is 2. The van der Waals surface area contributed by atoms with E-state index in [0.29, 0.717) is 22.2 Å². The molecule has 0 saturated carbocycles. The molecule has 8 nitrogen and oxygen atoms in total.